The van der Waals surface area contributed by atoms with Crippen molar-refractivity contribution in [1.82, 2.24) is 9.88 Å². The molecule has 1 N–H and O–H groups in total. The van der Waals surface area contributed by atoms with Gasteiger partial charge in [-0.05, 0) is 18.9 Å². The summed E-state index contributed by atoms with van der Waals surface area (Å²) in [5.74, 6) is 0.392. The molecule has 94 valence electrons. The Kier molecular flexibility index (Phi) is 5.77. The Bertz CT molecular complexity index is 371. The van der Waals surface area contributed by atoms with Gasteiger partial charge in [0.1, 0.15) is 5.75 Å². The van der Waals surface area contributed by atoms with Crippen LogP contribution in [0.3, 0.4) is 0 Å². The first-order valence-electron chi connectivity index (χ1n) is 5.61. The second-order valence-corrected chi connectivity index (χ2v) is 4.25. The lowest BCUT2D eigenvalue weighted by Crippen LogP contribution is -2.27. The molecule has 0 aliphatic heterocycles. The molecule has 4 nitrogen and oxygen atoms in total. The van der Waals surface area contributed by atoms with Gasteiger partial charge in [0, 0.05) is 25.7 Å². The average Bonchev–Trinajstić information content (AvgIpc) is 2.34. The van der Waals surface area contributed by atoms with Gasteiger partial charge in [0.2, 0.25) is 0 Å². The molecule has 0 fully saturated rings. The minimum atomic E-state index is -0.184. The molecule has 17 heavy (non-hydrogen) atoms. The quantitative estimate of drug-likeness (QED) is 0.628. The molecule has 1 aromatic heterocycles. The number of carbonyl (C=O) groups excluding carboxylic acids is 1. The van der Waals surface area contributed by atoms with Crippen molar-refractivity contribution in [2.24, 2.45) is 0 Å². The van der Waals surface area contributed by atoms with Gasteiger partial charge in [0.25, 0.3) is 5.91 Å². The van der Waals surface area contributed by atoms with Crippen molar-refractivity contribution in [1.29, 1.82) is 0 Å². The van der Waals surface area contributed by atoms with E-state index in [1.54, 1.807) is 11.9 Å². The summed E-state index contributed by atoms with van der Waals surface area (Å²) in [5, 5.41) is 9.51. The molecule has 1 rings (SSSR count). The lowest BCUT2D eigenvalue weighted by molar-refractivity contribution is 0.0789. The van der Waals surface area contributed by atoms with E-state index in [4.69, 9.17) is 11.6 Å². The Morgan fingerprint density at radius 3 is 2.88 bits per heavy atom. The summed E-state index contributed by atoms with van der Waals surface area (Å²) in [7, 11) is 1.73. The molecule has 0 aromatic carbocycles. The van der Waals surface area contributed by atoms with Crippen molar-refractivity contribution in [2.75, 3.05) is 19.5 Å². The van der Waals surface area contributed by atoms with E-state index in [1.165, 1.54) is 18.5 Å². The van der Waals surface area contributed by atoms with Crippen LogP contribution in [0, 0.1) is 0 Å². The average molecular weight is 257 g/mol. The van der Waals surface area contributed by atoms with Gasteiger partial charge < -0.3 is 10.0 Å². The minimum absolute atomic E-state index is 0.0786. The van der Waals surface area contributed by atoms with E-state index in [-0.39, 0.29) is 11.7 Å². The van der Waals surface area contributed by atoms with Gasteiger partial charge in [-0.15, -0.1) is 11.6 Å². The molecule has 1 amide bonds. The maximum atomic E-state index is 11.9. The van der Waals surface area contributed by atoms with Crippen molar-refractivity contribution in [3.05, 3.63) is 24.0 Å². The maximum absolute atomic E-state index is 11.9. The third kappa shape index (κ3) is 4.23. The SMILES string of the molecule is CN(CCCCCCl)C(=O)c1ccncc1O. The van der Waals surface area contributed by atoms with Gasteiger partial charge in [0.05, 0.1) is 11.8 Å². The van der Waals surface area contributed by atoms with E-state index >= 15 is 0 Å². The third-order valence-corrected chi connectivity index (χ3v) is 2.77. The summed E-state index contributed by atoms with van der Waals surface area (Å²) in [6.07, 6.45) is 5.65. The van der Waals surface area contributed by atoms with Crippen LogP contribution >= 0.6 is 11.6 Å². The number of hydrogen-bond acceptors (Lipinski definition) is 3. The monoisotopic (exact) mass is 256 g/mol. The number of halogens is 1. The molecule has 0 aliphatic rings. The predicted octanol–water partition coefficient (Wildman–Crippen LogP) is 2.27. The molecular formula is C12H17ClN2O2. The fraction of sp³-hybridized carbons (Fsp3) is 0.500. The van der Waals surface area contributed by atoms with Crippen LogP contribution < -0.4 is 0 Å². The predicted molar refractivity (Wildman–Crippen MR) is 67.4 cm³/mol. The van der Waals surface area contributed by atoms with Crippen LogP contribution in [0.15, 0.2) is 18.5 Å². The molecule has 0 spiro atoms. The molecular weight excluding hydrogens is 240 g/mol. The molecule has 5 heteroatoms. The fourth-order valence-electron chi connectivity index (χ4n) is 1.49. The van der Waals surface area contributed by atoms with E-state index in [1.807, 2.05) is 0 Å². The van der Waals surface area contributed by atoms with Crippen LogP contribution in [-0.2, 0) is 0 Å². The highest BCUT2D eigenvalue weighted by Crippen LogP contribution is 2.16. The molecule has 1 aromatic rings. The Morgan fingerprint density at radius 1 is 1.47 bits per heavy atom. The second-order valence-electron chi connectivity index (χ2n) is 3.87. The topological polar surface area (TPSA) is 53.4 Å². The summed E-state index contributed by atoms with van der Waals surface area (Å²) in [6, 6.07) is 1.52. The number of nitrogens with zero attached hydrogens (tertiary/aromatic N) is 2. The normalized spacial score (nSPS) is 10.2. The largest absolute Gasteiger partial charge is 0.505 e. The van der Waals surface area contributed by atoms with Crippen molar-refractivity contribution >= 4 is 17.5 Å². The van der Waals surface area contributed by atoms with E-state index in [9.17, 15) is 9.90 Å². The lowest BCUT2D eigenvalue weighted by Gasteiger charge is -2.17. The fourth-order valence-corrected chi connectivity index (χ4v) is 1.68. The van der Waals surface area contributed by atoms with Gasteiger partial charge in [-0.1, -0.05) is 6.42 Å². The summed E-state index contributed by atoms with van der Waals surface area (Å²) in [4.78, 5) is 17.3. The van der Waals surface area contributed by atoms with Crippen LogP contribution in [0.1, 0.15) is 29.6 Å². The Morgan fingerprint density at radius 2 is 2.24 bits per heavy atom. The van der Waals surface area contributed by atoms with Crippen molar-refractivity contribution in [3.8, 4) is 5.75 Å². The van der Waals surface area contributed by atoms with Crippen LogP contribution in [0.5, 0.6) is 5.75 Å². The molecule has 0 bridgehead atoms. The van der Waals surface area contributed by atoms with Gasteiger partial charge in [0.15, 0.2) is 0 Å². The number of amides is 1. The molecule has 0 radical (unpaired) electrons. The number of hydrogen-bond donors (Lipinski definition) is 1. The van der Waals surface area contributed by atoms with Crippen LogP contribution in [-0.4, -0.2) is 40.4 Å². The van der Waals surface area contributed by atoms with Gasteiger partial charge in [-0.25, -0.2) is 0 Å². The summed E-state index contributed by atoms with van der Waals surface area (Å²) in [5.41, 5.74) is 0.292. The Hall–Kier alpha value is -1.29. The van der Waals surface area contributed by atoms with E-state index < -0.39 is 0 Å². The number of carbonyl (C=O) groups is 1. The maximum Gasteiger partial charge on any atom is 0.257 e. The molecule has 0 aliphatic carbocycles. The summed E-state index contributed by atoms with van der Waals surface area (Å²) >= 11 is 5.58. The number of alkyl halides is 1. The van der Waals surface area contributed by atoms with Crippen molar-refractivity contribution < 1.29 is 9.90 Å². The first-order valence-corrected chi connectivity index (χ1v) is 6.14. The molecule has 0 saturated carbocycles. The number of aromatic nitrogens is 1. The first kappa shape index (κ1) is 13.8. The van der Waals surface area contributed by atoms with Gasteiger partial charge >= 0.3 is 0 Å². The van der Waals surface area contributed by atoms with Crippen LogP contribution in [0.2, 0.25) is 0 Å². The van der Waals surface area contributed by atoms with Crippen molar-refractivity contribution in [2.45, 2.75) is 19.3 Å². The highest BCUT2D eigenvalue weighted by atomic mass is 35.5. The molecule has 0 atom stereocenters. The van der Waals surface area contributed by atoms with Gasteiger partial charge in [-0.3, -0.25) is 9.78 Å². The van der Waals surface area contributed by atoms with E-state index in [2.05, 4.69) is 4.98 Å². The first-order chi connectivity index (χ1) is 8.16. The van der Waals surface area contributed by atoms with E-state index in [0.717, 1.165) is 19.3 Å². The minimum Gasteiger partial charge on any atom is -0.505 e. The lowest BCUT2D eigenvalue weighted by atomic mass is 10.2. The smallest absolute Gasteiger partial charge is 0.257 e. The number of pyridine rings is 1. The van der Waals surface area contributed by atoms with Crippen molar-refractivity contribution in [3.63, 3.8) is 0 Å². The zero-order chi connectivity index (χ0) is 12.7. The number of unbranched alkanes of at least 4 members (excludes halogenated alkanes) is 2. The zero-order valence-electron chi connectivity index (χ0n) is 9.90. The zero-order valence-corrected chi connectivity index (χ0v) is 10.7. The van der Waals surface area contributed by atoms with Crippen LogP contribution in [0.4, 0.5) is 0 Å². The summed E-state index contributed by atoms with van der Waals surface area (Å²) in [6.45, 7) is 0.664. The van der Waals surface area contributed by atoms with E-state index in [0.29, 0.717) is 18.0 Å². The number of aromatic hydroxyl groups is 1. The van der Waals surface area contributed by atoms with Gasteiger partial charge in [-0.2, -0.15) is 0 Å². The third-order valence-electron chi connectivity index (χ3n) is 2.50. The molecule has 0 unspecified atom stereocenters. The second kappa shape index (κ2) is 7.12. The standard InChI is InChI=1S/C12H17ClN2O2/c1-15(8-4-2-3-6-13)12(17)10-5-7-14-9-11(10)16/h5,7,9,16H,2-4,6,8H2,1H3. The van der Waals surface area contributed by atoms with Crippen LogP contribution in [0.25, 0.3) is 0 Å². The summed E-state index contributed by atoms with van der Waals surface area (Å²) < 4.78 is 0. The molecule has 1 heterocycles. The Balaban J connectivity index is 2.49. The molecule has 0 saturated heterocycles. The highest BCUT2D eigenvalue weighted by Gasteiger charge is 2.14. The Labute approximate surface area is 106 Å². The number of rotatable bonds is 6. The highest BCUT2D eigenvalue weighted by molar-refractivity contribution is 6.17.